The Morgan fingerprint density at radius 2 is 1.96 bits per heavy atom. The van der Waals surface area contributed by atoms with Gasteiger partial charge in [-0.25, -0.2) is 0 Å². The Bertz CT molecular complexity index is 829. The van der Waals surface area contributed by atoms with Gasteiger partial charge in [0.15, 0.2) is 0 Å². The van der Waals surface area contributed by atoms with Gasteiger partial charge >= 0.3 is 5.97 Å². The van der Waals surface area contributed by atoms with Crippen LogP contribution in [0, 0.1) is 5.92 Å². The number of carbonyl (C=O) groups excluding carboxylic acids is 2. The van der Waals surface area contributed by atoms with E-state index in [-0.39, 0.29) is 17.8 Å². The summed E-state index contributed by atoms with van der Waals surface area (Å²) in [5, 5.41) is 4.59. The number of hydrogen-bond acceptors (Lipinski definition) is 5. The fourth-order valence-electron chi connectivity index (χ4n) is 3.51. The molecular formula is C21H27N3O4. The number of amides is 1. The summed E-state index contributed by atoms with van der Waals surface area (Å²) < 4.78 is 12.0. The van der Waals surface area contributed by atoms with Crippen molar-refractivity contribution >= 4 is 11.9 Å². The molecule has 28 heavy (non-hydrogen) atoms. The minimum absolute atomic E-state index is 0.0943. The molecule has 1 aliphatic heterocycles. The summed E-state index contributed by atoms with van der Waals surface area (Å²) in [6.45, 7) is 5.73. The Balaban J connectivity index is 1.80. The molecule has 1 aromatic heterocycles. The number of esters is 1. The van der Waals surface area contributed by atoms with E-state index in [1.165, 1.54) is 0 Å². The van der Waals surface area contributed by atoms with Gasteiger partial charge in [0.05, 0.1) is 25.3 Å². The molecule has 0 aliphatic carbocycles. The summed E-state index contributed by atoms with van der Waals surface area (Å²) in [6.07, 6.45) is 1.55. The molecule has 1 aromatic carbocycles. The van der Waals surface area contributed by atoms with Crippen LogP contribution in [0.4, 0.5) is 0 Å². The lowest BCUT2D eigenvalue weighted by Crippen LogP contribution is -2.43. The Kier molecular flexibility index (Phi) is 6.34. The van der Waals surface area contributed by atoms with E-state index in [0.29, 0.717) is 31.9 Å². The fourth-order valence-corrected chi connectivity index (χ4v) is 3.51. The summed E-state index contributed by atoms with van der Waals surface area (Å²) in [7, 11) is 1.62. The van der Waals surface area contributed by atoms with Crippen molar-refractivity contribution < 1.29 is 19.1 Å². The number of methoxy groups -OCH3 is 1. The van der Waals surface area contributed by atoms with Crippen LogP contribution in [0.3, 0.4) is 0 Å². The number of piperidine rings is 1. The van der Waals surface area contributed by atoms with Gasteiger partial charge in [-0.05, 0) is 57.0 Å². The molecule has 1 aliphatic rings. The van der Waals surface area contributed by atoms with E-state index in [4.69, 9.17) is 9.47 Å². The van der Waals surface area contributed by atoms with E-state index in [0.717, 1.165) is 29.8 Å². The van der Waals surface area contributed by atoms with Gasteiger partial charge in [-0.1, -0.05) is 0 Å². The molecule has 1 unspecified atom stereocenters. The van der Waals surface area contributed by atoms with Crippen molar-refractivity contribution in [1.82, 2.24) is 14.7 Å². The highest BCUT2D eigenvalue weighted by atomic mass is 16.5. The van der Waals surface area contributed by atoms with Crippen LogP contribution < -0.4 is 4.74 Å². The molecule has 7 nitrogen and oxygen atoms in total. The van der Waals surface area contributed by atoms with E-state index < -0.39 is 0 Å². The second kappa shape index (κ2) is 8.91. The first-order valence-electron chi connectivity index (χ1n) is 9.75. The van der Waals surface area contributed by atoms with Crippen LogP contribution >= 0.6 is 0 Å². The molecule has 0 spiro atoms. The number of rotatable bonds is 6. The number of aromatic nitrogens is 2. The highest BCUT2D eigenvalue weighted by Gasteiger charge is 2.31. The number of nitrogens with zero attached hydrogens (tertiary/aromatic N) is 3. The maximum Gasteiger partial charge on any atom is 0.310 e. The van der Waals surface area contributed by atoms with Crippen molar-refractivity contribution in [2.45, 2.75) is 33.2 Å². The fraction of sp³-hybridized carbons (Fsp3) is 0.476. The lowest BCUT2D eigenvalue weighted by atomic mass is 9.98. The maximum absolute atomic E-state index is 13.1. The van der Waals surface area contributed by atoms with Gasteiger partial charge in [-0.2, -0.15) is 5.10 Å². The molecule has 1 saturated heterocycles. The second-order valence-corrected chi connectivity index (χ2v) is 6.80. The van der Waals surface area contributed by atoms with Crippen LogP contribution in [0.2, 0.25) is 0 Å². The summed E-state index contributed by atoms with van der Waals surface area (Å²) in [5.41, 5.74) is 2.20. The molecule has 150 valence electrons. The smallest absolute Gasteiger partial charge is 0.310 e. The highest BCUT2D eigenvalue weighted by Crippen LogP contribution is 2.25. The van der Waals surface area contributed by atoms with Crippen molar-refractivity contribution in [2.75, 3.05) is 26.8 Å². The molecule has 0 saturated carbocycles. The van der Waals surface area contributed by atoms with Gasteiger partial charge in [-0.3, -0.25) is 14.3 Å². The standard InChI is InChI=1S/C21H27N3O4/c1-4-24-19(13-18(22-24)15-8-10-17(27-3)11-9-15)20(25)23-12-6-7-16(14-23)21(26)28-5-2/h8-11,13,16H,4-7,12,14H2,1-3H3. The quantitative estimate of drug-likeness (QED) is 0.715. The first kappa shape index (κ1) is 19.9. The maximum atomic E-state index is 13.1. The largest absolute Gasteiger partial charge is 0.497 e. The van der Waals surface area contributed by atoms with Crippen molar-refractivity contribution in [3.05, 3.63) is 36.0 Å². The molecule has 0 radical (unpaired) electrons. The van der Waals surface area contributed by atoms with Gasteiger partial charge in [0, 0.05) is 25.2 Å². The Morgan fingerprint density at radius 3 is 2.61 bits per heavy atom. The first-order valence-corrected chi connectivity index (χ1v) is 9.75. The average Bonchev–Trinajstić information content (AvgIpc) is 3.18. The Hall–Kier alpha value is -2.83. The highest BCUT2D eigenvalue weighted by molar-refractivity contribution is 5.94. The molecule has 7 heteroatoms. The van der Waals surface area contributed by atoms with Gasteiger partial charge < -0.3 is 14.4 Å². The van der Waals surface area contributed by atoms with Crippen LogP contribution in [-0.2, 0) is 16.1 Å². The number of ether oxygens (including phenoxy) is 2. The van der Waals surface area contributed by atoms with E-state index in [9.17, 15) is 9.59 Å². The van der Waals surface area contributed by atoms with E-state index >= 15 is 0 Å². The molecule has 3 rings (SSSR count). The minimum Gasteiger partial charge on any atom is -0.497 e. The average molecular weight is 385 g/mol. The van der Waals surface area contributed by atoms with Crippen molar-refractivity contribution in [3.63, 3.8) is 0 Å². The summed E-state index contributed by atoms with van der Waals surface area (Å²) in [5.74, 6) is 0.205. The Labute approximate surface area is 165 Å². The van der Waals surface area contributed by atoms with Crippen LogP contribution in [-0.4, -0.2) is 53.4 Å². The number of benzene rings is 1. The molecule has 0 N–H and O–H groups in total. The van der Waals surface area contributed by atoms with Gasteiger partial charge in [0.2, 0.25) is 0 Å². The molecule has 0 bridgehead atoms. The number of hydrogen-bond donors (Lipinski definition) is 0. The number of likely N-dealkylation sites (tertiary alicyclic amines) is 1. The SMILES string of the molecule is CCOC(=O)C1CCCN(C(=O)c2cc(-c3ccc(OC)cc3)nn2CC)C1. The topological polar surface area (TPSA) is 73.7 Å². The summed E-state index contributed by atoms with van der Waals surface area (Å²) >= 11 is 0. The monoisotopic (exact) mass is 385 g/mol. The van der Waals surface area contributed by atoms with Crippen molar-refractivity contribution in [1.29, 1.82) is 0 Å². The number of aryl methyl sites for hydroxylation is 1. The number of carbonyl (C=O) groups is 2. The molecule has 1 fully saturated rings. The molecule has 2 heterocycles. The molecule has 1 amide bonds. The van der Waals surface area contributed by atoms with Crippen molar-refractivity contribution in [3.8, 4) is 17.0 Å². The molecule has 2 aromatic rings. The predicted octanol–water partition coefficient (Wildman–Crippen LogP) is 2.99. The van der Waals surface area contributed by atoms with Crippen LogP contribution in [0.15, 0.2) is 30.3 Å². The van der Waals surface area contributed by atoms with Crippen LogP contribution in [0.25, 0.3) is 11.3 Å². The second-order valence-electron chi connectivity index (χ2n) is 6.80. The minimum atomic E-state index is -0.253. The Morgan fingerprint density at radius 1 is 1.21 bits per heavy atom. The van der Waals surface area contributed by atoms with E-state index in [2.05, 4.69) is 5.10 Å². The van der Waals surface area contributed by atoms with E-state index in [1.54, 1.807) is 23.6 Å². The molecule has 1 atom stereocenters. The van der Waals surface area contributed by atoms with Crippen LogP contribution in [0.1, 0.15) is 37.2 Å². The summed E-state index contributed by atoms with van der Waals surface area (Å²) in [4.78, 5) is 27.0. The first-order chi connectivity index (χ1) is 13.6. The lowest BCUT2D eigenvalue weighted by Gasteiger charge is -2.31. The zero-order valence-corrected chi connectivity index (χ0v) is 16.7. The van der Waals surface area contributed by atoms with Gasteiger partial charge in [0.25, 0.3) is 5.91 Å². The third-order valence-corrected chi connectivity index (χ3v) is 5.01. The van der Waals surface area contributed by atoms with Gasteiger partial charge in [0.1, 0.15) is 11.4 Å². The van der Waals surface area contributed by atoms with Gasteiger partial charge in [-0.15, -0.1) is 0 Å². The summed E-state index contributed by atoms with van der Waals surface area (Å²) in [6, 6.07) is 9.41. The third-order valence-electron chi connectivity index (χ3n) is 5.01. The van der Waals surface area contributed by atoms with Crippen molar-refractivity contribution in [2.24, 2.45) is 5.92 Å². The molecular weight excluding hydrogens is 358 g/mol. The third kappa shape index (κ3) is 4.18. The zero-order valence-electron chi connectivity index (χ0n) is 16.7. The van der Waals surface area contributed by atoms with E-state index in [1.807, 2.05) is 37.3 Å². The lowest BCUT2D eigenvalue weighted by molar-refractivity contribution is -0.149. The zero-order chi connectivity index (χ0) is 20.1. The van der Waals surface area contributed by atoms with Crippen LogP contribution in [0.5, 0.6) is 5.75 Å². The normalized spacial score (nSPS) is 16.7. The predicted molar refractivity (Wildman–Crippen MR) is 105 cm³/mol.